The molecule has 1 aromatic carbocycles. The highest BCUT2D eigenvalue weighted by molar-refractivity contribution is 6.01. The van der Waals surface area contributed by atoms with E-state index in [-0.39, 0.29) is 12.6 Å². The van der Waals surface area contributed by atoms with Crippen molar-refractivity contribution in [1.29, 1.82) is 0 Å². The molecule has 106 valence electrons. The van der Waals surface area contributed by atoms with Crippen molar-refractivity contribution in [2.75, 3.05) is 18.0 Å². The number of hydrogen-bond donors (Lipinski definition) is 2. The lowest BCUT2D eigenvalue weighted by atomic mass is 10.1. The number of carbonyl (C=O) groups excluding carboxylic acids is 1. The number of rotatable bonds is 1. The molecule has 1 saturated heterocycles. The van der Waals surface area contributed by atoms with Crippen molar-refractivity contribution < 1.29 is 19.8 Å². The molecule has 20 heavy (non-hydrogen) atoms. The fourth-order valence-electron chi connectivity index (χ4n) is 2.89. The SMILES string of the molecule is O=C(O)C1Cc2ccccc2N1C(=O)N1CCC(O)C1. The highest BCUT2D eigenvalue weighted by Crippen LogP contribution is 2.33. The summed E-state index contributed by atoms with van der Waals surface area (Å²) in [5.41, 5.74) is 1.53. The molecule has 6 nitrogen and oxygen atoms in total. The number of benzene rings is 1. The van der Waals surface area contributed by atoms with Gasteiger partial charge in [0.25, 0.3) is 0 Å². The van der Waals surface area contributed by atoms with E-state index < -0.39 is 18.1 Å². The number of likely N-dealkylation sites (tertiary alicyclic amines) is 1. The Morgan fingerprint density at radius 2 is 2.00 bits per heavy atom. The van der Waals surface area contributed by atoms with Gasteiger partial charge in [0, 0.05) is 25.2 Å². The molecule has 2 amide bonds. The second-order valence-electron chi connectivity index (χ2n) is 5.23. The van der Waals surface area contributed by atoms with Gasteiger partial charge < -0.3 is 15.1 Å². The van der Waals surface area contributed by atoms with Crippen LogP contribution in [0, 0.1) is 0 Å². The summed E-state index contributed by atoms with van der Waals surface area (Å²) in [4.78, 5) is 26.8. The summed E-state index contributed by atoms with van der Waals surface area (Å²) < 4.78 is 0. The Bertz CT molecular complexity index is 560. The Balaban J connectivity index is 1.92. The van der Waals surface area contributed by atoms with Crippen LogP contribution >= 0.6 is 0 Å². The number of fused-ring (bicyclic) bond motifs is 1. The van der Waals surface area contributed by atoms with Crippen LogP contribution in [0.2, 0.25) is 0 Å². The van der Waals surface area contributed by atoms with Crippen molar-refractivity contribution >= 4 is 17.7 Å². The minimum Gasteiger partial charge on any atom is -0.480 e. The lowest BCUT2D eigenvalue weighted by Crippen LogP contribution is -2.49. The molecule has 3 rings (SSSR count). The zero-order chi connectivity index (χ0) is 14.3. The number of aliphatic hydroxyl groups is 1. The Hall–Kier alpha value is -2.08. The summed E-state index contributed by atoms with van der Waals surface area (Å²) in [5, 5.41) is 18.9. The van der Waals surface area contributed by atoms with Crippen LogP contribution in [-0.2, 0) is 11.2 Å². The van der Waals surface area contributed by atoms with Crippen LogP contribution in [0.4, 0.5) is 10.5 Å². The van der Waals surface area contributed by atoms with Gasteiger partial charge in [-0.2, -0.15) is 0 Å². The quantitative estimate of drug-likeness (QED) is 0.790. The van der Waals surface area contributed by atoms with Crippen molar-refractivity contribution in [3.05, 3.63) is 29.8 Å². The number of amides is 2. The van der Waals surface area contributed by atoms with Crippen LogP contribution in [0.25, 0.3) is 0 Å². The summed E-state index contributed by atoms with van der Waals surface area (Å²) >= 11 is 0. The number of β-amino-alcohol motifs (C(OH)–C–C–N with tert-alkyl or cyclic N) is 1. The molecule has 0 radical (unpaired) electrons. The highest BCUT2D eigenvalue weighted by Gasteiger charge is 2.41. The molecule has 2 aliphatic heterocycles. The molecule has 0 saturated carbocycles. The van der Waals surface area contributed by atoms with Crippen LogP contribution < -0.4 is 4.90 Å². The van der Waals surface area contributed by atoms with Gasteiger partial charge in [-0.25, -0.2) is 9.59 Å². The zero-order valence-electron chi connectivity index (χ0n) is 10.9. The first kappa shape index (κ1) is 12.9. The third-order valence-electron chi connectivity index (χ3n) is 3.90. The second kappa shape index (κ2) is 4.79. The van der Waals surface area contributed by atoms with Gasteiger partial charge >= 0.3 is 12.0 Å². The van der Waals surface area contributed by atoms with E-state index >= 15 is 0 Å². The number of aliphatic hydroxyl groups excluding tert-OH is 1. The van der Waals surface area contributed by atoms with Gasteiger partial charge in [-0.3, -0.25) is 4.90 Å². The topological polar surface area (TPSA) is 81.1 Å². The van der Waals surface area contributed by atoms with Crippen molar-refractivity contribution in [2.45, 2.75) is 25.0 Å². The highest BCUT2D eigenvalue weighted by atomic mass is 16.4. The summed E-state index contributed by atoms with van der Waals surface area (Å²) in [6.45, 7) is 0.731. The number of para-hydroxylation sites is 1. The first-order valence-electron chi connectivity index (χ1n) is 6.65. The molecular weight excluding hydrogens is 260 g/mol. The van der Waals surface area contributed by atoms with Crippen molar-refractivity contribution in [3.8, 4) is 0 Å². The molecule has 2 atom stereocenters. The Morgan fingerprint density at radius 3 is 2.65 bits per heavy atom. The predicted molar refractivity (Wildman–Crippen MR) is 71.6 cm³/mol. The van der Waals surface area contributed by atoms with Crippen molar-refractivity contribution in [2.24, 2.45) is 0 Å². The fraction of sp³-hybridized carbons (Fsp3) is 0.429. The molecule has 2 aliphatic rings. The van der Waals surface area contributed by atoms with Gasteiger partial charge in [0.1, 0.15) is 6.04 Å². The normalized spacial score (nSPS) is 24.9. The predicted octanol–water partition coefficient (Wildman–Crippen LogP) is 0.689. The number of carboxylic acid groups (broad SMARTS) is 1. The van der Waals surface area contributed by atoms with E-state index in [2.05, 4.69) is 0 Å². The molecule has 6 heteroatoms. The number of nitrogens with zero attached hydrogens (tertiary/aromatic N) is 2. The molecule has 1 fully saturated rings. The standard InChI is InChI=1S/C14H16N2O4/c17-10-5-6-15(8-10)14(20)16-11-4-2-1-3-9(11)7-12(16)13(18)19/h1-4,10,12,17H,5-8H2,(H,18,19). The third kappa shape index (κ3) is 2.02. The van der Waals surface area contributed by atoms with Crippen LogP contribution in [0.5, 0.6) is 0 Å². The number of urea groups is 1. The van der Waals surface area contributed by atoms with Crippen molar-refractivity contribution in [3.63, 3.8) is 0 Å². The lowest BCUT2D eigenvalue weighted by molar-refractivity contribution is -0.138. The molecule has 0 spiro atoms. The largest absolute Gasteiger partial charge is 0.480 e. The average molecular weight is 276 g/mol. The van der Waals surface area contributed by atoms with Gasteiger partial charge in [0.15, 0.2) is 0 Å². The Kier molecular flexibility index (Phi) is 3.10. The summed E-state index contributed by atoms with van der Waals surface area (Å²) in [5.74, 6) is -1.01. The van der Waals surface area contributed by atoms with E-state index in [1.807, 2.05) is 12.1 Å². The van der Waals surface area contributed by atoms with E-state index in [0.29, 0.717) is 25.1 Å². The minimum atomic E-state index is -1.01. The summed E-state index contributed by atoms with van der Waals surface area (Å²) in [6, 6.07) is 6.05. The van der Waals surface area contributed by atoms with E-state index in [1.165, 1.54) is 9.80 Å². The lowest BCUT2D eigenvalue weighted by Gasteiger charge is -2.28. The maximum atomic E-state index is 12.5. The molecule has 0 aromatic heterocycles. The molecular formula is C14H16N2O4. The summed E-state index contributed by atoms with van der Waals surface area (Å²) in [6.07, 6.45) is 0.354. The van der Waals surface area contributed by atoms with Crippen LogP contribution in [-0.4, -0.2) is 52.3 Å². The smallest absolute Gasteiger partial charge is 0.327 e. The van der Waals surface area contributed by atoms with Gasteiger partial charge in [-0.15, -0.1) is 0 Å². The van der Waals surface area contributed by atoms with E-state index in [9.17, 15) is 19.8 Å². The maximum absolute atomic E-state index is 12.5. The monoisotopic (exact) mass is 276 g/mol. The first-order chi connectivity index (χ1) is 9.58. The molecule has 1 aromatic rings. The number of carbonyl (C=O) groups is 2. The number of hydrogen-bond acceptors (Lipinski definition) is 3. The fourth-order valence-corrected chi connectivity index (χ4v) is 2.89. The second-order valence-corrected chi connectivity index (χ2v) is 5.23. The van der Waals surface area contributed by atoms with Crippen molar-refractivity contribution in [1.82, 2.24) is 4.90 Å². The Morgan fingerprint density at radius 1 is 1.25 bits per heavy atom. The third-order valence-corrected chi connectivity index (χ3v) is 3.90. The van der Waals surface area contributed by atoms with Gasteiger partial charge in [-0.05, 0) is 18.1 Å². The number of carboxylic acids is 1. The van der Waals surface area contributed by atoms with Crippen LogP contribution in [0.1, 0.15) is 12.0 Å². The van der Waals surface area contributed by atoms with Gasteiger partial charge in [-0.1, -0.05) is 18.2 Å². The van der Waals surface area contributed by atoms with Gasteiger partial charge in [0.2, 0.25) is 0 Å². The van der Waals surface area contributed by atoms with E-state index in [0.717, 1.165) is 5.56 Å². The molecule has 0 bridgehead atoms. The minimum absolute atomic E-state index is 0.268. The molecule has 2 heterocycles. The number of anilines is 1. The van der Waals surface area contributed by atoms with E-state index in [1.54, 1.807) is 12.1 Å². The van der Waals surface area contributed by atoms with E-state index in [4.69, 9.17) is 0 Å². The summed E-state index contributed by atoms with van der Waals surface area (Å²) in [7, 11) is 0. The molecule has 2 N–H and O–H groups in total. The number of aliphatic carboxylic acids is 1. The van der Waals surface area contributed by atoms with Gasteiger partial charge in [0.05, 0.1) is 6.10 Å². The van der Waals surface area contributed by atoms with Crippen LogP contribution in [0.3, 0.4) is 0 Å². The zero-order valence-corrected chi connectivity index (χ0v) is 10.9. The Labute approximate surface area is 116 Å². The maximum Gasteiger partial charge on any atom is 0.327 e. The first-order valence-corrected chi connectivity index (χ1v) is 6.65. The average Bonchev–Trinajstić information content (AvgIpc) is 3.01. The van der Waals surface area contributed by atoms with Crippen LogP contribution in [0.15, 0.2) is 24.3 Å². The molecule has 2 unspecified atom stereocenters. The molecule has 0 aliphatic carbocycles.